The van der Waals surface area contributed by atoms with Gasteiger partial charge >= 0.3 is 6.18 Å². The van der Waals surface area contributed by atoms with E-state index >= 15 is 0 Å². The van der Waals surface area contributed by atoms with Crippen molar-refractivity contribution in [2.45, 2.75) is 37.8 Å². The Morgan fingerprint density at radius 3 is 2.40 bits per heavy atom. The van der Waals surface area contributed by atoms with Crippen LogP contribution in [0.5, 0.6) is 11.6 Å². The monoisotopic (exact) mass is 666 g/mol. The van der Waals surface area contributed by atoms with Gasteiger partial charge in [0, 0.05) is 31.9 Å². The maximum atomic E-state index is 13.9. The summed E-state index contributed by atoms with van der Waals surface area (Å²) < 4.78 is 51.0. The Labute approximate surface area is 276 Å². The lowest BCUT2D eigenvalue weighted by atomic mass is 10.1. The van der Waals surface area contributed by atoms with E-state index in [9.17, 15) is 22.8 Å². The third-order valence-corrected chi connectivity index (χ3v) is 8.15. The number of hydrogen-bond acceptors (Lipinski definition) is 6. The minimum absolute atomic E-state index is 0.0359. The summed E-state index contributed by atoms with van der Waals surface area (Å²) in [5.41, 5.74) is 1.10. The van der Waals surface area contributed by atoms with Crippen LogP contribution in [-0.2, 0) is 28.9 Å². The molecule has 246 valence electrons. The SMILES string of the molecule is CN(Cc1ccccc1)C1CCN(C(=O)[C@@H](COCc2ccccc2)NC(=O)c2cccnc2Oc2ccc(C(F)(F)F)cc2Cl)C1. The van der Waals surface area contributed by atoms with E-state index in [1.54, 1.807) is 4.90 Å². The number of likely N-dealkylation sites (N-methyl/N-ethyl adjacent to an activating group) is 1. The number of carbonyl (C=O) groups excluding carboxylic acids is 2. The number of nitrogens with zero attached hydrogens (tertiary/aromatic N) is 3. The van der Waals surface area contributed by atoms with E-state index in [1.165, 1.54) is 23.9 Å². The molecule has 0 radical (unpaired) electrons. The highest BCUT2D eigenvalue weighted by Gasteiger charge is 2.34. The summed E-state index contributed by atoms with van der Waals surface area (Å²) in [5, 5.41) is 2.47. The van der Waals surface area contributed by atoms with Crippen LogP contribution in [-0.4, -0.2) is 65.4 Å². The topological polar surface area (TPSA) is 84.0 Å². The number of aromatic nitrogens is 1. The molecule has 0 saturated carbocycles. The van der Waals surface area contributed by atoms with Crippen LogP contribution >= 0.6 is 11.6 Å². The summed E-state index contributed by atoms with van der Waals surface area (Å²) in [6, 6.07) is 24.2. The molecule has 2 heterocycles. The molecule has 4 aromatic rings. The average Bonchev–Trinajstić information content (AvgIpc) is 3.56. The van der Waals surface area contributed by atoms with Crippen LogP contribution in [0.1, 0.15) is 33.5 Å². The lowest BCUT2D eigenvalue weighted by molar-refractivity contribution is -0.137. The molecule has 1 N–H and O–H groups in total. The Hall–Kier alpha value is -4.45. The van der Waals surface area contributed by atoms with E-state index in [4.69, 9.17) is 21.1 Å². The quantitative estimate of drug-likeness (QED) is 0.184. The lowest BCUT2D eigenvalue weighted by Gasteiger charge is -2.27. The van der Waals surface area contributed by atoms with Gasteiger partial charge in [-0.1, -0.05) is 72.3 Å². The molecule has 2 atom stereocenters. The van der Waals surface area contributed by atoms with Crippen molar-refractivity contribution in [1.29, 1.82) is 0 Å². The zero-order valence-electron chi connectivity index (χ0n) is 25.6. The minimum atomic E-state index is -4.59. The Bertz CT molecular complexity index is 1660. The van der Waals surface area contributed by atoms with E-state index in [0.29, 0.717) is 13.1 Å². The van der Waals surface area contributed by atoms with E-state index in [-0.39, 0.29) is 47.4 Å². The normalized spacial score (nSPS) is 15.4. The van der Waals surface area contributed by atoms with Crippen molar-refractivity contribution in [3.63, 3.8) is 0 Å². The molecule has 47 heavy (non-hydrogen) atoms. The maximum Gasteiger partial charge on any atom is 0.416 e. The molecule has 5 rings (SSSR count). The summed E-state index contributed by atoms with van der Waals surface area (Å²) in [7, 11) is 2.03. The third kappa shape index (κ3) is 9.09. The van der Waals surface area contributed by atoms with E-state index in [1.807, 2.05) is 55.6 Å². The summed E-state index contributed by atoms with van der Waals surface area (Å²) in [4.78, 5) is 35.5. The summed E-state index contributed by atoms with van der Waals surface area (Å²) in [6.45, 7) is 1.88. The molecular weight excluding hydrogens is 633 g/mol. The van der Waals surface area contributed by atoms with Crippen LogP contribution in [0.25, 0.3) is 0 Å². The van der Waals surface area contributed by atoms with E-state index in [0.717, 1.165) is 36.7 Å². The van der Waals surface area contributed by atoms with Crippen molar-refractivity contribution in [3.8, 4) is 11.6 Å². The van der Waals surface area contributed by atoms with Crippen LogP contribution in [0, 0.1) is 0 Å². The van der Waals surface area contributed by atoms with Crippen LogP contribution in [0.2, 0.25) is 5.02 Å². The summed E-state index contributed by atoms with van der Waals surface area (Å²) in [5.74, 6) is -1.27. The van der Waals surface area contributed by atoms with Gasteiger partial charge in [0.25, 0.3) is 5.91 Å². The molecular formula is C35H34ClF3N4O4. The minimum Gasteiger partial charge on any atom is -0.437 e. The highest BCUT2D eigenvalue weighted by Crippen LogP contribution is 2.36. The molecule has 2 amide bonds. The van der Waals surface area contributed by atoms with Crippen molar-refractivity contribution in [1.82, 2.24) is 20.1 Å². The highest BCUT2D eigenvalue weighted by atomic mass is 35.5. The Balaban J connectivity index is 1.30. The molecule has 1 aromatic heterocycles. The number of likely N-dealkylation sites (tertiary alicyclic amines) is 1. The number of ether oxygens (including phenoxy) is 2. The molecule has 0 aliphatic carbocycles. The van der Waals surface area contributed by atoms with E-state index < -0.39 is 23.7 Å². The number of alkyl halides is 3. The van der Waals surface area contributed by atoms with Crippen molar-refractivity contribution < 1.29 is 32.2 Å². The molecule has 1 fully saturated rings. The number of halogens is 4. The number of carbonyl (C=O) groups is 2. The summed E-state index contributed by atoms with van der Waals surface area (Å²) >= 11 is 6.08. The van der Waals surface area contributed by atoms with Gasteiger partial charge in [0.1, 0.15) is 17.4 Å². The van der Waals surface area contributed by atoms with Crippen molar-refractivity contribution >= 4 is 23.4 Å². The first-order chi connectivity index (χ1) is 22.6. The molecule has 3 aromatic carbocycles. The van der Waals surface area contributed by atoms with Gasteiger partial charge < -0.3 is 19.7 Å². The van der Waals surface area contributed by atoms with Crippen LogP contribution in [0.3, 0.4) is 0 Å². The first-order valence-corrected chi connectivity index (χ1v) is 15.4. The van der Waals surface area contributed by atoms with Crippen LogP contribution < -0.4 is 10.1 Å². The fraction of sp³-hybridized carbons (Fsp3) is 0.286. The predicted octanol–water partition coefficient (Wildman–Crippen LogP) is 6.59. The fourth-order valence-corrected chi connectivity index (χ4v) is 5.53. The summed E-state index contributed by atoms with van der Waals surface area (Å²) in [6.07, 6.45) is -2.45. The number of rotatable bonds is 12. The zero-order chi connectivity index (χ0) is 33.4. The first kappa shape index (κ1) is 33.9. The molecule has 8 nitrogen and oxygen atoms in total. The van der Waals surface area contributed by atoms with Crippen molar-refractivity contribution in [2.75, 3.05) is 26.7 Å². The molecule has 1 saturated heterocycles. The number of hydrogen-bond donors (Lipinski definition) is 1. The van der Waals surface area contributed by atoms with E-state index in [2.05, 4.69) is 27.3 Å². The van der Waals surface area contributed by atoms with Gasteiger partial charge in [-0.2, -0.15) is 13.2 Å². The third-order valence-electron chi connectivity index (χ3n) is 7.85. The second kappa shape index (κ2) is 15.4. The lowest BCUT2D eigenvalue weighted by Crippen LogP contribution is -2.51. The smallest absolute Gasteiger partial charge is 0.416 e. The Morgan fingerprint density at radius 1 is 1.02 bits per heavy atom. The second-order valence-corrected chi connectivity index (χ2v) is 11.7. The highest BCUT2D eigenvalue weighted by molar-refractivity contribution is 6.32. The van der Waals surface area contributed by atoms with Gasteiger partial charge in [-0.15, -0.1) is 0 Å². The number of nitrogens with one attached hydrogen (secondary N) is 1. The molecule has 1 aliphatic heterocycles. The van der Waals surface area contributed by atoms with Gasteiger partial charge in [0.2, 0.25) is 11.8 Å². The largest absolute Gasteiger partial charge is 0.437 e. The average molecular weight is 667 g/mol. The fourth-order valence-electron chi connectivity index (χ4n) is 5.31. The van der Waals surface area contributed by atoms with Crippen molar-refractivity contribution in [3.05, 3.63) is 124 Å². The van der Waals surface area contributed by atoms with Gasteiger partial charge in [-0.3, -0.25) is 14.5 Å². The molecule has 1 unspecified atom stereocenters. The Morgan fingerprint density at radius 2 is 1.72 bits per heavy atom. The first-order valence-electron chi connectivity index (χ1n) is 15.0. The van der Waals surface area contributed by atoms with Gasteiger partial charge in [-0.25, -0.2) is 4.98 Å². The number of benzene rings is 3. The predicted molar refractivity (Wildman–Crippen MR) is 171 cm³/mol. The second-order valence-electron chi connectivity index (χ2n) is 11.3. The van der Waals surface area contributed by atoms with Gasteiger partial charge in [0.15, 0.2) is 0 Å². The zero-order valence-corrected chi connectivity index (χ0v) is 26.4. The number of pyridine rings is 1. The molecule has 1 aliphatic rings. The molecule has 0 spiro atoms. The van der Waals surface area contributed by atoms with Crippen LogP contribution in [0.15, 0.2) is 97.2 Å². The van der Waals surface area contributed by atoms with Gasteiger partial charge in [-0.05, 0) is 54.9 Å². The van der Waals surface area contributed by atoms with Crippen LogP contribution in [0.4, 0.5) is 13.2 Å². The Kier molecular flexibility index (Phi) is 11.1. The number of amides is 2. The van der Waals surface area contributed by atoms with Gasteiger partial charge in [0.05, 0.1) is 23.8 Å². The molecule has 12 heteroatoms. The molecule has 0 bridgehead atoms. The maximum absolute atomic E-state index is 13.9. The van der Waals surface area contributed by atoms with Crippen molar-refractivity contribution in [2.24, 2.45) is 0 Å². The standard InChI is InChI=1S/C35H34ClF3N4O4/c1-42(20-24-9-4-2-5-10-24)27-16-18-43(21-27)34(45)30(23-46-22-25-11-6-3-7-12-25)41-32(44)28-13-8-17-40-33(28)47-31-15-14-26(19-29(31)36)35(37,38)39/h2-15,17,19,27,30H,16,18,20-23H2,1H3,(H,41,44)/t27?,30-/m1/s1.